The highest BCUT2D eigenvalue weighted by atomic mass is 79.9. The average Bonchev–Trinajstić information content (AvgIpc) is 3.43. The molecule has 0 unspecified atom stereocenters. The van der Waals surface area contributed by atoms with Crippen LogP contribution in [-0.4, -0.2) is 30.8 Å². The van der Waals surface area contributed by atoms with Crippen LogP contribution in [0.15, 0.2) is 91.7 Å². The van der Waals surface area contributed by atoms with Crippen molar-refractivity contribution in [2.75, 3.05) is 11.4 Å². The molecule has 0 radical (unpaired) electrons. The number of sulfonamides is 1. The van der Waals surface area contributed by atoms with Crippen LogP contribution in [-0.2, 0) is 16.6 Å². The third-order valence-electron chi connectivity index (χ3n) is 5.91. The first-order valence-corrected chi connectivity index (χ1v) is 13.3. The Morgan fingerprint density at radius 2 is 1.87 bits per heavy atom. The molecule has 0 bridgehead atoms. The van der Waals surface area contributed by atoms with Gasteiger partial charge in [-0.3, -0.25) is 4.79 Å². The van der Waals surface area contributed by atoms with E-state index in [1.165, 1.54) is 43.7 Å². The van der Waals surface area contributed by atoms with Crippen molar-refractivity contribution in [3.63, 3.8) is 0 Å². The molecule has 2 aromatic heterocycles. The Morgan fingerprint density at radius 3 is 2.55 bits per heavy atom. The van der Waals surface area contributed by atoms with Crippen LogP contribution in [0.2, 0.25) is 0 Å². The Kier molecular flexibility index (Phi) is 6.67. The maximum Gasteiger partial charge on any atom is 0.266 e. The molecule has 2 heterocycles. The van der Waals surface area contributed by atoms with Gasteiger partial charge >= 0.3 is 0 Å². The van der Waals surface area contributed by atoms with Gasteiger partial charge in [0.2, 0.25) is 5.56 Å². The van der Waals surface area contributed by atoms with Crippen LogP contribution in [0.25, 0.3) is 22.0 Å². The van der Waals surface area contributed by atoms with Crippen LogP contribution in [0.5, 0.6) is 11.5 Å². The van der Waals surface area contributed by atoms with E-state index in [0.717, 1.165) is 16.4 Å². The Balaban J connectivity index is 1.76. The number of nitrogens with zero attached hydrogens (tertiary/aromatic N) is 2. The third-order valence-corrected chi connectivity index (χ3v) is 8.31. The quantitative estimate of drug-likeness (QED) is 0.263. The number of phenols is 1. The molecular formula is C26H19BrFN3O6S. The molecule has 0 fully saturated rings. The molecule has 9 nitrogen and oxygen atoms in total. The number of hydrogen-bond acceptors (Lipinski definition) is 7. The second kappa shape index (κ2) is 9.95. The molecule has 0 aliphatic rings. The van der Waals surface area contributed by atoms with E-state index in [9.17, 15) is 22.7 Å². The highest BCUT2D eigenvalue weighted by molar-refractivity contribution is 9.10. The molecule has 0 saturated carbocycles. The molecule has 0 amide bonds. The third kappa shape index (κ3) is 4.63. The number of aromatic amines is 1. The maximum absolute atomic E-state index is 14.7. The van der Waals surface area contributed by atoms with E-state index in [1.807, 2.05) is 0 Å². The van der Waals surface area contributed by atoms with E-state index < -0.39 is 21.4 Å². The predicted molar refractivity (Wildman–Crippen MR) is 142 cm³/mol. The number of rotatable bonds is 7. The first-order chi connectivity index (χ1) is 18.2. The second-order valence-electron chi connectivity index (χ2n) is 8.22. The summed E-state index contributed by atoms with van der Waals surface area (Å²) in [7, 11) is -2.89. The van der Waals surface area contributed by atoms with Gasteiger partial charge in [0.1, 0.15) is 23.6 Å². The summed E-state index contributed by atoms with van der Waals surface area (Å²) in [6.45, 7) is -0.122. The molecule has 2 N–H and O–H groups in total. The van der Waals surface area contributed by atoms with Crippen molar-refractivity contribution in [1.82, 2.24) is 10.1 Å². The lowest BCUT2D eigenvalue weighted by Crippen LogP contribution is -2.31. The molecule has 0 aliphatic carbocycles. The number of nitrogens with one attached hydrogen (secondary N) is 1. The lowest BCUT2D eigenvalue weighted by atomic mass is 9.99. The van der Waals surface area contributed by atoms with Gasteiger partial charge in [-0.1, -0.05) is 17.3 Å². The zero-order valence-electron chi connectivity index (χ0n) is 19.7. The highest BCUT2D eigenvalue weighted by Gasteiger charge is 2.32. The number of halogens is 2. The Bertz CT molecular complexity index is 1810. The van der Waals surface area contributed by atoms with E-state index >= 15 is 0 Å². The molecule has 0 spiro atoms. The number of aromatic nitrogens is 2. The molecule has 38 heavy (non-hydrogen) atoms. The lowest BCUT2D eigenvalue weighted by molar-refractivity contribution is 0.414. The van der Waals surface area contributed by atoms with Gasteiger partial charge in [0, 0.05) is 34.2 Å². The number of H-pyrrole nitrogens is 1. The van der Waals surface area contributed by atoms with Crippen molar-refractivity contribution in [2.24, 2.45) is 0 Å². The van der Waals surface area contributed by atoms with E-state index in [-0.39, 0.29) is 44.0 Å². The smallest absolute Gasteiger partial charge is 0.266 e. The lowest BCUT2D eigenvalue weighted by Gasteiger charge is -2.24. The Hall–Kier alpha value is -4.16. The zero-order chi connectivity index (χ0) is 27.0. The van der Waals surface area contributed by atoms with Crippen LogP contribution in [0.1, 0.15) is 5.56 Å². The fraction of sp³-hybridized carbons (Fsp3) is 0.0769. The summed E-state index contributed by atoms with van der Waals surface area (Å²) in [5, 5.41) is 14.9. The minimum atomic E-state index is -4.42. The number of hydrogen-bond donors (Lipinski definition) is 2. The predicted octanol–water partition coefficient (Wildman–Crippen LogP) is 5.19. The van der Waals surface area contributed by atoms with Gasteiger partial charge in [-0.25, -0.2) is 17.1 Å². The van der Waals surface area contributed by atoms with Gasteiger partial charge in [0.25, 0.3) is 10.0 Å². The topological polar surface area (TPSA) is 126 Å². The summed E-state index contributed by atoms with van der Waals surface area (Å²) in [6.07, 6.45) is 1.24. The number of benzene rings is 3. The SMILES string of the molecule is COc1ccc(CN(c2ccon2)S(=O)(=O)c2ccc3[nH]c(=O)ccc3c2-c2cc(F)c(Br)cc2O)cc1. The van der Waals surface area contributed by atoms with Crippen molar-refractivity contribution in [3.8, 4) is 22.6 Å². The zero-order valence-corrected chi connectivity index (χ0v) is 22.1. The minimum Gasteiger partial charge on any atom is -0.507 e. The normalized spacial score (nSPS) is 11.6. The van der Waals surface area contributed by atoms with Gasteiger partial charge in [-0.15, -0.1) is 0 Å². The molecule has 12 heteroatoms. The summed E-state index contributed by atoms with van der Waals surface area (Å²) in [5.41, 5.74) is 0.449. The van der Waals surface area contributed by atoms with Gasteiger partial charge in [0.05, 0.1) is 23.0 Å². The first kappa shape index (κ1) is 25.5. The van der Waals surface area contributed by atoms with E-state index in [4.69, 9.17) is 9.26 Å². The fourth-order valence-electron chi connectivity index (χ4n) is 4.08. The largest absolute Gasteiger partial charge is 0.507 e. The monoisotopic (exact) mass is 599 g/mol. The molecule has 0 saturated heterocycles. The summed E-state index contributed by atoms with van der Waals surface area (Å²) < 4.78 is 54.4. The van der Waals surface area contributed by atoms with Gasteiger partial charge in [-0.05, 0) is 64.0 Å². The number of phenolic OH excluding ortho intramolecular Hbond substituents is 1. The molecule has 3 aromatic carbocycles. The molecule has 194 valence electrons. The van der Waals surface area contributed by atoms with Crippen molar-refractivity contribution < 1.29 is 27.2 Å². The van der Waals surface area contributed by atoms with Gasteiger partial charge in [-0.2, -0.15) is 0 Å². The molecule has 0 atom stereocenters. The Labute approximate surface area is 224 Å². The standard InChI is InChI=1S/C26H19BrFN3O6S/c1-36-16-4-2-15(3-5-16)14-31(24-10-11-37-30-24)38(34,35)23-8-7-21-17(6-9-25(33)29-21)26(23)18-12-20(28)19(27)13-22(18)32/h2-13,32H,14H2,1H3,(H,29,33). The summed E-state index contributed by atoms with van der Waals surface area (Å²) in [5.74, 6) is -0.464. The van der Waals surface area contributed by atoms with Crippen LogP contribution in [0, 0.1) is 5.82 Å². The number of ether oxygens (including phenoxy) is 1. The number of pyridine rings is 1. The van der Waals surface area contributed by atoms with E-state index in [0.29, 0.717) is 16.8 Å². The second-order valence-corrected chi connectivity index (χ2v) is 10.9. The van der Waals surface area contributed by atoms with Gasteiger partial charge < -0.3 is 19.4 Å². The Morgan fingerprint density at radius 1 is 1.11 bits per heavy atom. The van der Waals surface area contributed by atoms with Crippen LogP contribution >= 0.6 is 15.9 Å². The molecular weight excluding hydrogens is 581 g/mol. The number of methoxy groups -OCH3 is 1. The molecule has 5 rings (SSSR count). The number of anilines is 1. The minimum absolute atomic E-state index is 0.000491. The molecule has 5 aromatic rings. The van der Waals surface area contributed by atoms with Crippen LogP contribution in [0.4, 0.5) is 10.2 Å². The summed E-state index contributed by atoms with van der Waals surface area (Å²) in [4.78, 5) is 14.4. The first-order valence-electron chi connectivity index (χ1n) is 11.1. The number of fused-ring (bicyclic) bond motifs is 1. The van der Waals surface area contributed by atoms with Crippen LogP contribution < -0.4 is 14.6 Å². The number of aromatic hydroxyl groups is 1. The maximum atomic E-state index is 14.7. The van der Waals surface area contributed by atoms with E-state index in [2.05, 4.69) is 26.1 Å². The van der Waals surface area contributed by atoms with Crippen molar-refractivity contribution in [3.05, 3.63) is 99.2 Å². The van der Waals surface area contributed by atoms with Gasteiger partial charge in [0.15, 0.2) is 5.82 Å². The molecule has 0 aliphatic heterocycles. The van der Waals surface area contributed by atoms with Crippen molar-refractivity contribution >= 4 is 42.7 Å². The fourth-order valence-corrected chi connectivity index (χ4v) is 6.03. The summed E-state index contributed by atoms with van der Waals surface area (Å²) >= 11 is 3.03. The van der Waals surface area contributed by atoms with Crippen molar-refractivity contribution in [2.45, 2.75) is 11.4 Å². The highest BCUT2D eigenvalue weighted by Crippen LogP contribution is 2.42. The van der Waals surface area contributed by atoms with Crippen molar-refractivity contribution in [1.29, 1.82) is 0 Å². The van der Waals surface area contributed by atoms with Crippen LogP contribution in [0.3, 0.4) is 0 Å². The van der Waals surface area contributed by atoms with E-state index in [1.54, 1.807) is 24.3 Å². The summed E-state index contributed by atoms with van der Waals surface area (Å²) in [6, 6.07) is 15.8. The average molecular weight is 600 g/mol.